The van der Waals surface area contributed by atoms with Gasteiger partial charge in [-0.15, -0.1) is 0 Å². The standard InChI is InChI=1S/C19H24N2O3S/c1-5-16-9-11-17(12-10-16)20-18(22)13-21(25(4,23)24)19-14(2)7-6-8-15(19)3/h6-12H,5,13H2,1-4H3,(H,20,22). The van der Waals surface area contributed by atoms with Crippen molar-refractivity contribution in [2.24, 2.45) is 0 Å². The van der Waals surface area contributed by atoms with Gasteiger partial charge in [-0.2, -0.15) is 0 Å². The highest BCUT2D eigenvalue weighted by molar-refractivity contribution is 7.92. The molecule has 2 rings (SSSR count). The van der Waals surface area contributed by atoms with E-state index in [9.17, 15) is 13.2 Å². The maximum atomic E-state index is 12.4. The third-order valence-corrected chi connectivity index (χ3v) is 5.13. The molecule has 0 bridgehead atoms. The van der Waals surface area contributed by atoms with E-state index in [0.29, 0.717) is 11.4 Å². The van der Waals surface area contributed by atoms with Gasteiger partial charge in [-0.05, 0) is 49.1 Å². The van der Waals surface area contributed by atoms with Gasteiger partial charge in [0.25, 0.3) is 0 Å². The van der Waals surface area contributed by atoms with Gasteiger partial charge in [0.1, 0.15) is 6.54 Å². The van der Waals surface area contributed by atoms with Crippen LogP contribution in [0.2, 0.25) is 0 Å². The van der Waals surface area contributed by atoms with Crippen molar-refractivity contribution < 1.29 is 13.2 Å². The minimum absolute atomic E-state index is 0.264. The zero-order valence-electron chi connectivity index (χ0n) is 15.0. The molecule has 0 fully saturated rings. The second-order valence-corrected chi connectivity index (χ2v) is 8.02. The fourth-order valence-corrected chi connectivity index (χ4v) is 3.69. The Morgan fingerprint density at radius 1 is 1.04 bits per heavy atom. The first-order valence-corrected chi connectivity index (χ1v) is 10.00. The number of nitrogens with zero attached hydrogens (tertiary/aromatic N) is 1. The maximum absolute atomic E-state index is 12.4. The molecule has 0 atom stereocenters. The molecule has 0 radical (unpaired) electrons. The normalized spacial score (nSPS) is 11.2. The third kappa shape index (κ3) is 4.82. The Balaban J connectivity index is 2.24. The van der Waals surface area contributed by atoms with Crippen LogP contribution in [0.15, 0.2) is 42.5 Å². The number of rotatable bonds is 6. The van der Waals surface area contributed by atoms with Crippen LogP contribution in [0.3, 0.4) is 0 Å². The molecule has 1 amide bonds. The predicted molar refractivity (Wildman–Crippen MR) is 103 cm³/mol. The molecule has 0 heterocycles. The Bertz CT molecular complexity index is 838. The highest BCUT2D eigenvalue weighted by atomic mass is 32.2. The lowest BCUT2D eigenvalue weighted by molar-refractivity contribution is -0.114. The van der Waals surface area contributed by atoms with Gasteiger partial charge in [0, 0.05) is 5.69 Å². The first-order chi connectivity index (χ1) is 11.7. The minimum atomic E-state index is -3.59. The van der Waals surface area contributed by atoms with Gasteiger partial charge in [0.2, 0.25) is 15.9 Å². The summed E-state index contributed by atoms with van der Waals surface area (Å²) < 4.78 is 25.7. The SMILES string of the molecule is CCc1ccc(NC(=O)CN(c2c(C)cccc2C)S(C)(=O)=O)cc1. The lowest BCUT2D eigenvalue weighted by Crippen LogP contribution is -2.38. The highest BCUT2D eigenvalue weighted by Crippen LogP contribution is 2.26. The molecule has 0 saturated heterocycles. The summed E-state index contributed by atoms with van der Waals surface area (Å²) in [6, 6.07) is 13.1. The first kappa shape index (κ1) is 19.0. The van der Waals surface area contributed by atoms with Crippen LogP contribution < -0.4 is 9.62 Å². The fraction of sp³-hybridized carbons (Fsp3) is 0.316. The van der Waals surface area contributed by atoms with Crippen LogP contribution in [-0.4, -0.2) is 27.1 Å². The topological polar surface area (TPSA) is 66.5 Å². The Labute approximate surface area is 149 Å². The number of aryl methyl sites for hydroxylation is 3. The smallest absolute Gasteiger partial charge is 0.245 e. The number of carbonyl (C=O) groups is 1. The molecule has 0 aliphatic carbocycles. The van der Waals surface area contributed by atoms with Crippen LogP contribution in [0.25, 0.3) is 0 Å². The molecule has 1 N–H and O–H groups in total. The van der Waals surface area contributed by atoms with Crippen LogP contribution in [-0.2, 0) is 21.2 Å². The molecule has 0 unspecified atom stereocenters. The number of hydrogen-bond donors (Lipinski definition) is 1. The van der Waals surface area contributed by atoms with Gasteiger partial charge in [-0.25, -0.2) is 8.42 Å². The molecular formula is C19H24N2O3S. The number of amides is 1. The largest absolute Gasteiger partial charge is 0.325 e. The first-order valence-electron chi connectivity index (χ1n) is 8.15. The molecule has 25 heavy (non-hydrogen) atoms. The summed E-state index contributed by atoms with van der Waals surface area (Å²) in [4.78, 5) is 12.4. The van der Waals surface area contributed by atoms with Crippen molar-refractivity contribution in [2.45, 2.75) is 27.2 Å². The molecular weight excluding hydrogens is 336 g/mol. The van der Waals surface area contributed by atoms with Crippen molar-refractivity contribution >= 4 is 27.3 Å². The van der Waals surface area contributed by atoms with Crippen molar-refractivity contribution in [3.63, 3.8) is 0 Å². The second-order valence-electron chi connectivity index (χ2n) is 6.11. The lowest BCUT2D eigenvalue weighted by Gasteiger charge is -2.25. The van der Waals surface area contributed by atoms with E-state index in [-0.39, 0.29) is 12.5 Å². The number of nitrogens with one attached hydrogen (secondary N) is 1. The van der Waals surface area contributed by atoms with Crippen molar-refractivity contribution in [3.8, 4) is 0 Å². The number of benzene rings is 2. The van der Waals surface area contributed by atoms with E-state index < -0.39 is 10.0 Å². The maximum Gasteiger partial charge on any atom is 0.245 e. The second kappa shape index (κ2) is 7.70. The molecule has 0 aromatic heterocycles. The third-order valence-electron chi connectivity index (χ3n) is 4.02. The molecule has 0 aliphatic rings. The monoisotopic (exact) mass is 360 g/mol. The summed E-state index contributed by atoms with van der Waals surface area (Å²) in [7, 11) is -3.59. The molecule has 6 heteroatoms. The Kier molecular flexibility index (Phi) is 5.85. The number of sulfonamides is 1. The summed E-state index contributed by atoms with van der Waals surface area (Å²) in [5.74, 6) is -0.377. The zero-order valence-corrected chi connectivity index (χ0v) is 15.9. The number of hydrogen-bond acceptors (Lipinski definition) is 3. The number of carbonyl (C=O) groups excluding carboxylic acids is 1. The van der Waals surface area contributed by atoms with E-state index in [1.54, 1.807) is 0 Å². The predicted octanol–water partition coefficient (Wildman–Crippen LogP) is 3.27. The lowest BCUT2D eigenvalue weighted by atomic mass is 10.1. The van der Waals surface area contributed by atoms with Crippen LogP contribution in [0.1, 0.15) is 23.6 Å². The average molecular weight is 360 g/mol. The summed E-state index contributed by atoms with van der Waals surface area (Å²) in [5.41, 5.74) is 4.00. The van der Waals surface area contributed by atoms with E-state index >= 15 is 0 Å². The summed E-state index contributed by atoms with van der Waals surface area (Å²) in [6.45, 7) is 5.46. The van der Waals surface area contributed by atoms with Crippen molar-refractivity contribution in [2.75, 3.05) is 22.4 Å². The molecule has 0 saturated carbocycles. The summed E-state index contributed by atoms with van der Waals surface area (Å²) in [6.07, 6.45) is 2.03. The molecule has 2 aromatic carbocycles. The molecule has 0 aliphatic heterocycles. The number of anilines is 2. The Hall–Kier alpha value is -2.34. The van der Waals surface area contributed by atoms with Gasteiger partial charge in [0.15, 0.2) is 0 Å². The van der Waals surface area contributed by atoms with E-state index in [0.717, 1.165) is 28.1 Å². The van der Waals surface area contributed by atoms with E-state index in [1.165, 1.54) is 5.56 Å². The summed E-state index contributed by atoms with van der Waals surface area (Å²) >= 11 is 0. The van der Waals surface area contributed by atoms with E-state index in [1.807, 2.05) is 56.3 Å². The van der Waals surface area contributed by atoms with Gasteiger partial charge in [-0.1, -0.05) is 37.3 Å². The van der Waals surface area contributed by atoms with Gasteiger partial charge < -0.3 is 5.32 Å². The molecule has 0 spiro atoms. The van der Waals surface area contributed by atoms with Gasteiger partial charge in [-0.3, -0.25) is 9.10 Å². The van der Waals surface area contributed by atoms with Crippen molar-refractivity contribution in [1.82, 2.24) is 0 Å². The van der Waals surface area contributed by atoms with Crippen LogP contribution in [0, 0.1) is 13.8 Å². The Morgan fingerprint density at radius 2 is 1.60 bits per heavy atom. The quantitative estimate of drug-likeness (QED) is 0.860. The van der Waals surface area contributed by atoms with Crippen LogP contribution in [0.4, 0.5) is 11.4 Å². The molecule has 5 nitrogen and oxygen atoms in total. The molecule has 134 valence electrons. The molecule has 2 aromatic rings. The van der Waals surface area contributed by atoms with E-state index in [4.69, 9.17) is 0 Å². The average Bonchev–Trinajstić information content (AvgIpc) is 2.53. The fourth-order valence-electron chi connectivity index (χ4n) is 2.72. The number of para-hydroxylation sites is 1. The van der Waals surface area contributed by atoms with Gasteiger partial charge >= 0.3 is 0 Å². The van der Waals surface area contributed by atoms with Crippen LogP contribution in [0.5, 0.6) is 0 Å². The Morgan fingerprint density at radius 3 is 2.08 bits per heavy atom. The minimum Gasteiger partial charge on any atom is -0.325 e. The van der Waals surface area contributed by atoms with E-state index in [2.05, 4.69) is 12.2 Å². The van der Waals surface area contributed by atoms with Gasteiger partial charge in [0.05, 0.1) is 11.9 Å². The summed E-state index contributed by atoms with van der Waals surface area (Å²) in [5, 5.41) is 2.76. The zero-order chi connectivity index (χ0) is 18.6. The van der Waals surface area contributed by atoms with Crippen LogP contribution >= 0.6 is 0 Å². The highest BCUT2D eigenvalue weighted by Gasteiger charge is 2.23. The van der Waals surface area contributed by atoms with Crippen molar-refractivity contribution in [3.05, 3.63) is 59.2 Å². The van der Waals surface area contributed by atoms with Crippen molar-refractivity contribution in [1.29, 1.82) is 0 Å².